The first kappa shape index (κ1) is 18.0. The van der Waals surface area contributed by atoms with Gasteiger partial charge in [0.1, 0.15) is 5.54 Å². The summed E-state index contributed by atoms with van der Waals surface area (Å²) in [5.41, 5.74) is 8.55. The van der Waals surface area contributed by atoms with Crippen molar-refractivity contribution in [3.8, 4) is 0 Å². The van der Waals surface area contributed by atoms with Gasteiger partial charge in [-0.15, -0.1) is 12.4 Å². The fourth-order valence-electron chi connectivity index (χ4n) is 2.98. The topological polar surface area (TPSA) is 55.1 Å². The molecule has 0 spiro atoms. The van der Waals surface area contributed by atoms with Crippen LogP contribution in [0.25, 0.3) is 0 Å². The lowest BCUT2D eigenvalue weighted by atomic mass is 9.91. The second-order valence-corrected chi connectivity index (χ2v) is 6.80. The lowest BCUT2D eigenvalue weighted by molar-refractivity contribution is -0.126. The number of hydrogen-bond donors (Lipinski definition) is 2. The Hall–Kier alpha value is -1.36. The highest BCUT2D eigenvalue weighted by Crippen LogP contribution is 2.36. The molecule has 0 saturated heterocycles. The van der Waals surface area contributed by atoms with Crippen LogP contribution in [0.5, 0.6) is 0 Å². The standard InChI is InChI=1S/C18H19BrN2O.ClH/c1-18(20,12-6-3-2-4-7-12)17(22)21-16-11-10-13-14(16)8-5-9-15(13)19;/h2-9,16H,10-11,20H2,1H3,(H,21,22);1H. The molecule has 1 aliphatic carbocycles. The Morgan fingerprint density at radius 1 is 1.22 bits per heavy atom. The van der Waals surface area contributed by atoms with Crippen LogP contribution in [0.15, 0.2) is 53.0 Å². The molecule has 1 amide bonds. The van der Waals surface area contributed by atoms with Crippen molar-refractivity contribution in [3.63, 3.8) is 0 Å². The fourth-order valence-corrected chi connectivity index (χ4v) is 3.56. The van der Waals surface area contributed by atoms with Crippen molar-refractivity contribution in [1.82, 2.24) is 5.32 Å². The van der Waals surface area contributed by atoms with E-state index in [9.17, 15) is 4.79 Å². The number of halogens is 2. The van der Waals surface area contributed by atoms with E-state index >= 15 is 0 Å². The second kappa shape index (κ2) is 7.04. The second-order valence-electron chi connectivity index (χ2n) is 5.94. The molecular weight excluding hydrogens is 376 g/mol. The molecule has 3 nitrogen and oxygen atoms in total. The van der Waals surface area contributed by atoms with Crippen LogP contribution in [0.4, 0.5) is 0 Å². The van der Waals surface area contributed by atoms with Crippen LogP contribution in [-0.2, 0) is 16.8 Å². The largest absolute Gasteiger partial charge is 0.347 e. The minimum Gasteiger partial charge on any atom is -0.347 e. The molecule has 2 unspecified atom stereocenters. The van der Waals surface area contributed by atoms with Crippen LogP contribution in [0.2, 0.25) is 0 Å². The molecule has 0 aliphatic heterocycles. The maximum Gasteiger partial charge on any atom is 0.244 e. The Balaban J connectivity index is 0.00000192. The van der Waals surface area contributed by atoms with Crippen LogP contribution in [-0.4, -0.2) is 5.91 Å². The number of nitrogens with one attached hydrogen (secondary N) is 1. The van der Waals surface area contributed by atoms with Gasteiger partial charge in [0.15, 0.2) is 0 Å². The summed E-state index contributed by atoms with van der Waals surface area (Å²) in [6, 6.07) is 15.7. The Labute approximate surface area is 151 Å². The number of benzene rings is 2. The number of fused-ring (bicyclic) bond motifs is 1. The molecule has 23 heavy (non-hydrogen) atoms. The molecule has 3 rings (SSSR count). The third kappa shape index (κ3) is 3.44. The van der Waals surface area contributed by atoms with Gasteiger partial charge in [-0.2, -0.15) is 0 Å². The van der Waals surface area contributed by atoms with Gasteiger partial charge in [0, 0.05) is 4.47 Å². The number of nitrogens with two attached hydrogens (primary N) is 1. The van der Waals surface area contributed by atoms with E-state index in [0.29, 0.717) is 0 Å². The first-order chi connectivity index (χ1) is 10.5. The van der Waals surface area contributed by atoms with E-state index in [2.05, 4.69) is 27.3 Å². The first-order valence-electron chi connectivity index (χ1n) is 7.43. The molecule has 0 aromatic heterocycles. The van der Waals surface area contributed by atoms with Crippen molar-refractivity contribution in [2.75, 3.05) is 0 Å². The normalized spacial score (nSPS) is 18.5. The maximum atomic E-state index is 12.7. The third-order valence-electron chi connectivity index (χ3n) is 4.36. The van der Waals surface area contributed by atoms with Gasteiger partial charge in [0.2, 0.25) is 5.91 Å². The van der Waals surface area contributed by atoms with Crippen molar-refractivity contribution in [2.24, 2.45) is 5.73 Å². The number of carbonyl (C=O) groups is 1. The van der Waals surface area contributed by atoms with E-state index in [0.717, 1.165) is 22.9 Å². The van der Waals surface area contributed by atoms with E-state index in [4.69, 9.17) is 5.73 Å². The SMILES string of the molecule is CC(N)(C(=O)NC1CCc2c(Br)cccc21)c1ccccc1.Cl. The zero-order valence-corrected chi connectivity index (χ0v) is 15.3. The van der Waals surface area contributed by atoms with Gasteiger partial charge < -0.3 is 11.1 Å². The Kier molecular flexibility index (Phi) is 5.50. The van der Waals surface area contributed by atoms with Crippen molar-refractivity contribution in [1.29, 1.82) is 0 Å². The molecule has 0 bridgehead atoms. The van der Waals surface area contributed by atoms with Crippen LogP contribution in [0.3, 0.4) is 0 Å². The Morgan fingerprint density at radius 2 is 1.91 bits per heavy atom. The summed E-state index contributed by atoms with van der Waals surface area (Å²) in [7, 11) is 0. The number of rotatable bonds is 3. The molecule has 0 heterocycles. The van der Waals surface area contributed by atoms with Crippen LogP contribution >= 0.6 is 28.3 Å². The van der Waals surface area contributed by atoms with Crippen LogP contribution in [0, 0.1) is 0 Å². The predicted molar refractivity (Wildman–Crippen MR) is 98.6 cm³/mol. The van der Waals surface area contributed by atoms with Crippen molar-refractivity contribution in [3.05, 3.63) is 69.7 Å². The molecule has 2 aromatic rings. The highest BCUT2D eigenvalue weighted by Gasteiger charge is 2.34. The monoisotopic (exact) mass is 394 g/mol. The van der Waals surface area contributed by atoms with Crippen LogP contribution in [0.1, 0.15) is 36.1 Å². The van der Waals surface area contributed by atoms with Gasteiger partial charge in [-0.3, -0.25) is 4.79 Å². The molecule has 5 heteroatoms. The van der Waals surface area contributed by atoms with E-state index in [1.165, 1.54) is 11.1 Å². The molecule has 0 fully saturated rings. The minimum absolute atomic E-state index is 0. The third-order valence-corrected chi connectivity index (χ3v) is 5.11. The maximum absolute atomic E-state index is 12.7. The molecule has 3 N–H and O–H groups in total. The molecule has 0 radical (unpaired) electrons. The van der Waals surface area contributed by atoms with Gasteiger partial charge in [-0.25, -0.2) is 0 Å². The van der Waals surface area contributed by atoms with Crippen molar-refractivity contribution >= 4 is 34.2 Å². The van der Waals surface area contributed by atoms with E-state index in [1.54, 1.807) is 6.92 Å². The lowest BCUT2D eigenvalue weighted by Crippen LogP contribution is -2.49. The first-order valence-corrected chi connectivity index (χ1v) is 8.22. The van der Waals surface area contributed by atoms with Gasteiger partial charge in [0.25, 0.3) is 0 Å². The molecule has 122 valence electrons. The van der Waals surface area contributed by atoms with E-state index in [1.807, 2.05) is 42.5 Å². The van der Waals surface area contributed by atoms with Gasteiger partial charge in [-0.1, -0.05) is 58.4 Å². The zero-order chi connectivity index (χ0) is 15.7. The fraction of sp³-hybridized carbons (Fsp3) is 0.278. The van der Waals surface area contributed by atoms with E-state index in [-0.39, 0.29) is 24.4 Å². The number of hydrogen-bond acceptors (Lipinski definition) is 2. The predicted octanol–water partition coefficient (Wildman–Crippen LogP) is 3.85. The Morgan fingerprint density at radius 3 is 2.61 bits per heavy atom. The summed E-state index contributed by atoms with van der Waals surface area (Å²) in [6.45, 7) is 1.76. The van der Waals surface area contributed by atoms with E-state index < -0.39 is 5.54 Å². The highest BCUT2D eigenvalue weighted by atomic mass is 79.9. The van der Waals surface area contributed by atoms with Crippen molar-refractivity contribution in [2.45, 2.75) is 31.3 Å². The molecular formula is C18H20BrClN2O. The van der Waals surface area contributed by atoms with Gasteiger partial charge in [0.05, 0.1) is 6.04 Å². The molecule has 2 aromatic carbocycles. The summed E-state index contributed by atoms with van der Waals surface area (Å²) in [5, 5.41) is 3.12. The smallest absolute Gasteiger partial charge is 0.244 e. The summed E-state index contributed by atoms with van der Waals surface area (Å²) in [6.07, 6.45) is 1.88. The van der Waals surface area contributed by atoms with Gasteiger partial charge >= 0.3 is 0 Å². The average Bonchev–Trinajstić information content (AvgIpc) is 2.93. The highest BCUT2D eigenvalue weighted by molar-refractivity contribution is 9.10. The lowest BCUT2D eigenvalue weighted by Gasteiger charge is -2.26. The molecule has 1 aliphatic rings. The van der Waals surface area contributed by atoms with Gasteiger partial charge in [-0.05, 0) is 42.5 Å². The minimum atomic E-state index is -1.03. The summed E-state index contributed by atoms with van der Waals surface area (Å²) >= 11 is 3.58. The summed E-state index contributed by atoms with van der Waals surface area (Å²) < 4.78 is 1.11. The summed E-state index contributed by atoms with van der Waals surface area (Å²) in [5.74, 6) is -0.142. The zero-order valence-electron chi connectivity index (χ0n) is 12.9. The van der Waals surface area contributed by atoms with Crippen molar-refractivity contribution < 1.29 is 4.79 Å². The summed E-state index contributed by atoms with van der Waals surface area (Å²) in [4.78, 5) is 12.7. The van der Waals surface area contributed by atoms with Crippen LogP contribution < -0.4 is 11.1 Å². The number of carbonyl (C=O) groups excluding carboxylic acids is 1. The Bertz CT molecular complexity index is 703. The quantitative estimate of drug-likeness (QED) is 0.829. The average molecular weight is 396 g/mol. The molecule has 0 saturated carbocycles. The molecule has 2 atom stereocenters. The number of amides is 1.